The van der Waals surface area contributed by atoms with Gasteiger partial charge in [-0.3, -0.25) is 9.69 Å². The molecule has 6 nitrogen and oxygen atoms in total. The van der Waals surface area contributed by atoms with Crippen LogP contribution in [-0.2, 0) is 14.8 Å². The molecule has 2 aliphatic rings. The SMILES string of the molecule is O=C([C@@H]1CCCN(S(=O)(=O)c2ccccc2)C1)N1CCN(C(c2ccccc2)c2ccccc2)CC1. The second kappa shape index (κ2) is 10.9. The second-order valence-corrected chi connectivity index (χ2v) is 11.5. The largest absolute Gasteiger partial charge is 0.340 e. The van der Waals surface area contributed by atoms with Crippen LogP contribution in [0, 0.1) is 5.92 Å². The first-order valence-electron chi connectivity index (χ1n) is 12.7. The van der Waals surface area contributed by atoms with E-state index in [1.165, 1.54) is 15.4 Å². The number of carbonyl (C=O) groups excluding carboxylic acids is 1. The molecule has 5 rings (SSSR count). The van der Waals surface area contributed by atoms with Crippen LogP contribution in [0.1, 0.15) is 30.0 Å². The monoisotopic (exact) mass is 503 g/mol. The molecular formula is C29H33N3O3S. The Hall–Kier alpha value is -3.00. The molecule has 2 heterocycles. The summed E-state index contributed by atoms with van der Waals surface area (Å²) in [6, 6.07) is 29.7. The van der Waals surface area contributed by atoms with Crippen LogP contribution < -0.4 is 0 Å². The van der Waals surface area contributed by atoms with Gasteiger partial charge in [0.2, 0.25) is 15.9 Å². The van der Waals surface area contributed by atoms with Crippen LogP contribution in [0.2, 0.25) is 0 Å². The number of sulfonamides is 1. The van der Waals surface area contributed by atoms with Crippen LogP contribution in [0.25, 0.3) is 0 Å². The van der Waals surface area contributed by atoms with E-state index in [9.17, 15) is 13.2 Å². The Bertz CT molecular complexity index is 1210. The molecule has 188 valence electrons. The number of hydrogen-bond donors (Lipinski definition) is 0. The zero-order chi connectivity index (χ0) is 25.0. The third-order valence-electron chi connectivity index (χ3n) is 7.34. The van der Waals surface area contributed by atoms with Gasteiger partial charge in [0.25, 0.3) is 0 Å². The third kappa shape index (κ3) is 5.24. The zero-order valence-electron chi connectivity index (χ0n) is 20.4. The smallest absolute Gasteiger partial charge is 0.243 e. The highest BCUT2D eigenvalue weighted by Gasteiger charge is 2.36. The van der Waals surface area contributed by atoms with E-state index >= 15 is 0 Å². The van der Waals surface area contributed by atoms with Gasteiger partial charge in [-0.05, 0) is 36.1 Å². The highest BCUT2D eigenvalue weighted by molar-refractivity contribution is 7.89. The number of nitrogens with zero attached hydrogens (tertiary/aromatic N) is 3. The Morgan fingerprint density at radius 1 is 0.722 bits per heavy atom. The van der Waals surface area contributed by atoms with E-state index in [4.69, 9.17) is 0 Å². The molecule has 2 saturated heterocycles. The van der Waals surface area contributed by atoms with E-state index in [-0.39, 0.29) is 24.4 Å². The van der Waals surface area contributed by atoms with Gasteiger partial charge in [0.05, 0.1) is 16.9 Å². The van der Waals surface area contributed by atoms with Gasteiger partial charge in [-0.15, -0.1) is 0 Å². The van der Waals surface area contributed by atoms with E-state index in [2.05, 4.69) is 53.4 Å². The number of hydrogen-bond acceptors (Lipinski definition) is 4. The normalized spacial score (nSPS) is 19.9. The first-order chi connectivity index (χ1) is 17.5. The molecule has 0 radical (unpaired) electrons. The summed E-state index contributed by atoms with van der Waals surface area (Å²) < 4.78 is 27.7. The molecule has 1 atom stereocenters. The molecule has 36 heavy (non-hydrogen) atoms. The minimum absolute atomic E-state index is 0.0820. The summed E-state index contributed by atoms with van der Waals surface area (Å²) >= 11 is 0. The average molecular weight is 504 g/mol. The number of piperazine rings is 1. The fourth-order valence-corrected chi connectivity index (χ4v) is 6.99. The zero-order valence-corrected chi connectivity index (χ0v) is 21.3. The lowest BCUT2D eigenvalue weighted by Crippen LogP contribution is -2.53. The number of rotatable bonds is 6. The summed E-state index contributed by atoms with van der Waals surface area (Å²) in [5, 5.41) is 0. The first kappa shape index (κ1) is 24.7. The Balaban J connectivity index is 1.25. The lowest BCUT2D eigenvalue weighted by atomic mass is 9.95. The van der Waals surface area contributed by atoms with Crippen LogP contribution in [0.15, 0.2) is 95.9 Å². The average Bonchev–Trinajstić information content (AvgIpc) is 2.95. The molecule has 3 aromatic carbocycles. The molecule has 0 aromatic heterocycles. The number of piperidine rings is 1. The van der Waals surface area contributed by atoms with Crippen molar-refractivity contribution in [3.05, 3.63) is 102 Å². The molecule has 0 spiro atoms. The van der Waals surface area contributed by atoms with Crippen molar-refractivity contribution in [2.75, 3.05) is 39.3 Å². The van der Waals surface area contributed by atoms with Crippen molar-refractivity contribution in [1.29, 1.82) is 0 Å². The quantitative estimate of drug-likeness (QED) is 0.510. The van der Waals surface area contributed by atoms with E-state index in [0.29, 0.717) is 31.0 Å². The van der Waals surface area contributed by atoms with Crippen molar-refractivity contribution in [2.24, 2.45) is 5.92 Å². The predicted molar refractivity (Wildman–Crippen MR) is 141 cm³/mol. The van der Waals surface area contributed by atoms with Crippen molar-refractivity contribution >= 4 is 15.9 Å². The van der Waals surface area contributed by atoms with Gasteiger partial charge in [0.15, 0.2) is 0 Å². The van der Waals surface area contributed by atoms with Crippen LogP contribution in [0.5, 0.6) is 0 Å². The molecule has 0 aliphatic carbocycles. The van der Waals surface area contributed by atoms with Gasteiger partial charge >= 0.3 is 0 Å². The van der Waals surface area contributed by atoms with Crippen molar-refractivity contribution in [1.82, 2.24) is 14.1 Å². The molecule has 7 heteroatoms. The standard InChI is InChI=1S/C29H33N3O3S/c33-29(26-15-10-18-32(23-26)36(34,35)27-16-8-3-9-17-27)31-21-19-30(20-22-31)28(24-11-4-1-5-12-24)25-13-6-2-7-14-25/h1-9,11-14,16-17,26,28H,10,15,18-23H2/t26-/m1/s1. The van der Waals surface area contributed by atoms with Gasteiger partial charge in [-0.1, -0.05) is 78.9 Å². The maximum absolute atomic E-state index is 13.5. The summed E-state index contributed by atoms with van der Waals surface area (Å²) in [6.45, 7) is 3.57. The van der Waals surface area contributed by atoms with Gasteiger partial charge in [0, 0.05) is 39.3 Å². The highest BCUT2D eigenvalue weighted by atomic mass is 32.2. The lowest BCUT2D eigenvalue weighted by Gasteiger charge is -2.41. The maximum atomic E-state index is 13.5. The van der Waals surface area contributed by atoms with Crippen LogP contribution >= 0.6 is 0 Å². The molecule has 0 bridgehead atoms. The molecule has 0 saturated carbocycles. The fourth-order valence-electron chi connectivity index (χ4n) is 5.45. The summed E-state index contributed by atoms with van der Waals surface area (Å²) in [5.41, 5.74) is 2.50. The number of amides is 1. The van der Waals surface area contributed by atoms with Crippen LogP contribution in [0.3, 0.4) is 0 Å². The van der Waals surface area contributed by atoms with Crippen LogP contribution in [-0.4, -0.2) is 67.7 Å². The summed E-state index contributed by atoms with van der Waals surface area (Å²) in [4.78, 5) is 18.1. The lowest BCUT2D eigenvalue weighted by molar-refractivity contribution is -0.138. The van der Waals surface area contributed by atoms with E-state index < -0.39 is 10.0 Å². The summed E-state index contributed by atoms with van der Waals surface area (Å²) in [5.74, 6) is -0.207. The molecule has 0 N–H and O–H groups in total. The Labute approximate surface area is 214 Å². The van der Waals surface area contributed by atoms with Gasteiger partial charge in [0.1, 0.15) is 0 Å². The van der Waals surface area contributed by atoms with E-state index in [1.54, 1.807) is 30.3 Å². The third-order valence-corrected chi connectivity index (χ3v) is 9.22. The minimum Gasteiger partial charge on any atom is -0.340 e. The molecule has 2 aliphatic heterocycles. The van der Waals surface area contributed by atoms with E-state index in [1.807, 2.05) is 17.0 Å². The molecule has 3 aromatic rings. The number of carbonyl (C=O) groups is 1. The highest BCUT2D eigenvalue weighted by Crippen LogP contribution is 2.30. The second-order valence-electron chi connectivity index (χ2n) is 9.60. The number of benzene rings is 3. The first-order valence-corrected chi connectivity index (χ1v) is 14.2. The fraction of sp³-hybridized carbons (Fsp3) is 0.345. The minimum atomic E-state index is -3.59. The topological polar surface area (TPSA) is 60.9 Å². The molecule has 2 fully saturated rings. The van der Waals surface area contributed by atoms with E-state index in [0.717, 1.165) is 19.5 Å². The summed E-state index contributed by atoms with van der Waals surface area (Å²) in [6.07, 6.45) is 1.43. The predicted octanol–water partition coefficient (Wildman–Crippen LogP) is 4.02. The maximum Gasteiger partial charge on any atom is 0.243 e. The van der Waals surface area contributed by atoms with Crippen molar-refractivity contribution in [3.63, 3.8) is 0 Å². The molecule has 1 amide bonds. The van der Waals surface area contributed by atoms with Crippen molar-refractivity contribution in [2.45, 2.75) is 23.8 Å². The van der Waals surface area contributed by atoms with Crippen LogP contribution in [0.4, 0.5) is 0 Å². The Morgan fingerprint density at radius 3 is 1.81 bits per heavy atom. The Morgan fingerprint density at radius 2 is 1.25 bits per heavy atom. The van der Waals surface area contributed by atoms with Gasteiger partial charge in [-0.25, -0.2) is 8.42 Å². The van der Waals surface area contributed by atoms with Crippen molar-refractivity contribution < 1.29 is 13.2 Å². The Kier molecular flexibility index (Phi) is 7.51. The molecule has 0 unspecified atom stereocenters. The van der Waals surface area contributed by atoms with Crippen molar-refractivity contribution in [3.8, 4) is 0 Å². The van der Waals surface area contributed by atoms with Gasteiger partial charge < -0.3 is 4.90 Å². The summed E-state index contributed by atoms with van der Waals surface area (Å²) in [7, 11) is -3.59. The molecular weight excluding hydrogens is 470 g/mol. The van der Waals surface area contributed by atoms with Gasteiger partial charge in [-0.2, -0.15) is 4.31 Å².